The number of benzene rings is 1. The number of hydrogen-bond acceptors (Lipinski definition) is 6. The molecule has 0 aliphatic rings. The number of hydrogen-bond donors (Lipinski definition) is 3. The molecule has 9 heteroatoms. The summed E-state index contributed by atoms with van der Waals surface area (Å²) in [6, 6.07) is 10.6. The van der Waals surface area contributed by atoms with Gasteiger partial charge in [0, 0.05) is 18.4 Å². The fourth-order valence-electron chi connectivity index (χ4n) is 2.32. The maximum Gasteiger partial charge on any atom is 0.319 e. The third-order valence-electron chi connectivity index (χ3n) is 3.57. The van der Waals surface area contributed by atoms with Crippen molar-refractivity contribution in [2.45, 2.75) is 19.5 Å². The van der Waals surface area contributed by atoms with E-state index < -0.39 is 0 Å². The van der Waals surface area contributed by atoms with Gasteiger partial charge in [-0.25, -0.2) is 9.48 Å². The summed E-state index contributed by atoms with van der Waals surface area (Å²) in [5.41, 5.74) is 1.59. The lowest BCUT2D eigenvalue weighted by Crippen LogP contribution is -2.27. The average molecular weight is 341 g/mol. The summed E-state index contributed by atoms with van der Waals surface area (Å²) >= 11 is 0. The van der Waals surface area contributed by atoms with Crippen LogP contribution in [0.3, 0.4) is 0 Å². The van der Waals surface area contributed by atoms with Gasteiger partial charge in [-0.2, -0.15) is 0 Å². The minimum atomic E-state index is -0.296. The number of carbonyl (C=O) groups excluding carboxylic acids is 1. The number of amides is 2. The van der Waals surface area contributed by atoms with E-state index in [2.05, 4.69) is 31.5 Å². The largest absolute Gasteiger partial charge is 0.467 e. The second-order valence-electron chi connectivity index (χ2n) is 5.49. The minimum absolute atomic E-state index is 0.0459. The van der Waals surface area contributed by atoms with Crippen LogP contribution >= 0.6 is 0 Å². The zero-order valence-corrected chi connectivity index (χ0v) is 13.9. The molecule has 130 valence electrons. The smallest absolute Gasteiger partial charge is 0.319 e. The Bertz CT molecular complexity index is 811. The van der Waals surface area contributed by atoms with E-state index in [1.807, 2.05) is 31.2 Å². The van der Waals surface area contributed by atoms with Crippen LogP contribution in [-0.4, -0.2) is 26.2 Å². The number of aromatic nitrogens is 4. The van der Waals surface area contributed by atoms with Crippen LogP contribution in [-0.2, 0) is 13.6 Å². The van der Waals surface area contributed by atoms with Crippen LogP contribution in [0.25, 0.3) is 0 Å². The van der Waals surface area contributed by atoms with E-state index in [1.54, 1.807) is 30.1 Å². The van der Waals surface area contributed by atoms with E-state index in [9.17, 15) is 4.79 Å². The molecule has 0 spiro atoms. The molecule has 0 saturated carbocycles. The van der Waals surface area contributed by atoms with Gasteiger partial charge >= 0.3 is 6.03 Å². The first-order valence-electron chi connectivity index (χ1n) is 7.78. The minimum Gasteiger partial charge on any atom is -0.467 e. The summed E-state index contributed by atoms with van der Waals surface area (Å²) in [7, 11) is 1.79. The van der Waals surface area contributed by atoms with Gasteiger partial charge in [-0.3, -0.25) is 0 Å². The molecule has 0 fully saturated rings. The highest BCUT2D eigenvalue weighted by Gasteiger charge is 2.12. The summed E-state index contributed by atoms with van der Waals surface area (Å²) in [6.45, 7) is 2.31. The Hall–Kier alpha value is -3.36. The van der Waals surface area contributed by atoms with Gasteiger partial charge in [0.2, 0.25) is 0 Å². The predicted molar refractivity (Wildman–Crippen MR) is 91.8 cm³/mol. The Morgan fingerprint density at radius 2 is 2.00 bits per heavy atom. The Morgan fingerprint density at radius 1 is 1.24 bits per heavy atom. The van der Waals surface area contributed by atoms with E-state index in [-0.39, 0.29) is 12.1 Å². The van der Waals surface area contributed by atoms with Crippen molar-refractivity contribution in [2.75, 3.05) is 10.6 Å². The summed E-state index contributed by atoms with van der Waals surface area (Å²) in [5, 5.41) is 20.2. The highest BCUT2D eigenvalue weighted by molar-refractivity contribution is 5.89. The highest BCUT2D eigenvalue weighted by atomic mass is 16.3. The zero-order chi connectivity index (χ0) is 17.6. The first-order chi connectivity index (χ1) is 12.1. The average Bonchev–Trinajstić information content (AvgIpc) is 3.26. The van der Waals surface area contributed by atoms with Crippen molar-refractivity contribution in [1.29, 1.82) is 0 Å². The van der Waals surface area contributed by atoms with Crippen LogP contribution in [0.15, 0.2) is 47.1 Å². The van der Waals surface area contributed by atoms with Gasteiger partial charge in [0.1, 0.15) is 5.76 Å². The lowest BCUT2D eigenvalue weighted by Gasteiger charge is -2.14. The van der Waals surface area contributed by atoms with Crippen molar-refractivity contribution < 1.29 is 9.21 Å². The Balaban J connectivity index is 1.51. The number of anilines is 2. The number of nitrogens with one attached hydrogen (secondary N) is 3. The van der Waals surface area contributed by atoms with E-state index in [1.165, 1.54) is 0 Å². The molecule has 0 saturated heterocycles. The number of rotatable bonds is 6. The molecule has 2 heterocycles. The maximum atomic E-state index is 11.9. The van der Waals surface area contributed by atoms with Crippen molar-refractivity contribution in [1.82, 2.24) is 25.5 Å². The molecule has 3 N–H and O–H groups in total. The number of carbonyl (C=O) groups is 1. The zero-order valence-electron chi connectivity index (χ0n) is 13.9. The number of nitrogens with zero attached hydrogens (tertiary/aromatic N) is 4. The molecule has 2 amide bonds. The monoisotopic (exact) mass is 341 g/mol. The van der Waals surface area contributed by atoms with Crippen LogP contribution in [0.5, 0.6) is 0 Å². The first kappa shape index (κ1) is 16.5. The predicted octanol–water partition coefficient (Wildman–Crippen LogP) is 2.30. The second-order valence-corrected chi connectivity index (χ2v) is 5.49. The Labute approximate surface area is 144 Å². The molecular formula is C16H19N7O2. The van der Waals surface area contributed by atoms with Crippen LogP contribution in [0.2, 0.25) is 0 Å². The fourth-order valence-corrected chi connectivity index (χ4v) is 2.32. The molecular weight excluding hydrogens is 322 g/mol. The third-order valence-corrected chi connectivity index (χ3v) is 3.57. The topological polar surface area (TPSA) is 110 Å². The van der Waals surface area contributed by atoms with E-state index in [0.717, 1.165) is 11.5 Å². The molecule has 2 aromatic heterocycles. The number of tetrazole rings is 1. The normalized spacial score (nSPS) is 11.8. The number of aryl methyl sites for hydroxylation is 1. The third kappa shape index (κ3) is 4.34. The first-order valence-corrected chi connectivity index (χ1v) is 7.78. The quantitative estimate of drug-likeness (QED) is 0.634. The standard InChI is InChI=1S/C16H19N7O2/c1-11(15-20-21-22-23(15)2)18-12-5-7-13(8-6-12)19-16(24)17-10-14-4-3-9-25-14/h3-9,11,18H,10H2,1-2H3,(H2,17,19,24)/t11-/m0/s1. The molecule has 0 aliphatic carbocycles. The van der Waals surface area contributed by atoms with Gasteiger partial charge < -0.3 is 20.4 Å². The number of furan rings is 1. The molecule has 0 radical (unpaired) electrons. The van der Waals surface area contributed by atoms with Gasteiger partial charge in [0.05, 0.1) is 18.8 Å². The van der Waals surface area contributed by atoms with E-state index in [4.69, 9.17) is 4.42 Å². The molecule has 3 aromatic rings. The lowest BCUT2D eigenvalue weighted by molar-refractivity contribution is 0.251. The van der Waals surface area contributed by atoms with Crippen LogP contribution in [0, 0.1) is 0 Å². The van der Waals surface area contributed by atoms with Crippen molar-refractivity contribution >= 4 is 17.4 Å². The molecule has 25 heavy (non-hydrogen) atoms. The van der Waals surface area contributed by atoms with Gasteiger partial charge in [-0.1, -0.05) is 0 Å². The summed E-state index contributed by atoms with van der Waals surface area (Å²) in [5.74, 6) is 1.43. The molecule has 1 aromatic carbocycles. The molecule has 0 unspecified atom stereocenters. The molecule has 0 bridgehead atoms. The molecule has 3 rings (SSSR count). The molecule has 0 aliphatic heterocycles. The Morgan fingerprint density at radius 3 is 2.64 bits per heavy atom. The highest BCUT2D eigenvalue weighted by Crippen LogP contribution is 2.19. The lowest BCUT2D eigenvalue weighted by atomic mass is 10.2. The number of urea groups is 1. The second kappa shape index (κ2) is 7.47. The van der Waals surface area contributed by atoms with Crippen LogP contribution in [0.4, 0.5) is 16.2 Å². The SMILES string of the molecule is C[C@H](Nc1ccc(NC(=O)NCc2ccco2)cc1)c1nnnn1C. The van der Waals surface area contributed by atoms with Crippen molar-refractivity contribution in [3.8, 4) is 0 Å². The molecule has 9 nitrogen and oxygen atoms in total. The van der Waals surface area contributed by atoms with Gasteiger partial charge in [-0.15, -0.1) is 5.10 Å². The van der Waals surface area contributed by atoms with Gasteiger partial charge in [-0.05, 0) is 53.7 Å². The van der Waals surface area contributed by atoms with Gasteiger partial charge in [0.25, 0.3) is 0 Å². The summed E-state index contributed by atoms with van der Waals surface area (Å²) < 4.78 is 6.78. The Kier molecular flexibility index (Phi) is 4.93. The molecule has 1 atom stereocenters. The van der Waals surface area contributed by atoms with Crippen molar-refractivity contribution in [2.24, 2.45) is 7.05 Å². The van der Waals surface area contributed by atoms with Crippen molar-refractivity contribution in [3.63, 3.8) is 0 Å². The fraction of sp³-hybridized carbons (Fsp3) is 0.250. The van der Waals surface area contributed by atoms with E-state index >= 15 is 0 Å². The van der Waals surface area contributed by atoms with E-state index in [0.29, 0.717) is 18.0 Å². The maximum absolute atomic E-state index is 11.9. The van der Waals surface area contributed by atoms with Crippen LogP contribution < -0.4 is 16.0 Å². The summed E-state index contributed by atoms with van der Waals surface area (Å²) in [4.78, 5) is 11.9. The van der Waals surface area contributed by atoms with Gasteiger partial charge in [0.15, 0.2) is 5.82 Å². The van der Waals surface area contributed by atoms with Crippen LogP contribution in [0.1, 0.15) is 24.6 Å². The summed E-state index contributed by atoms with van der Waals surface area (Å²) in [6.07, 6.45) is 1.57. The van der Waals surface area contributed by atoms with Crippen molar-refractivity contribution in [3.05, 3.63) is 54.2 Å².